The van der Waals surface area contributed by atoms with Crippen LogP contribution >= 0.6 is 0 Å². The van der Waals surface area contributed by atoms with E-state index < -0.39 is 11.2 Å². The summed E-state index contributed by atoms with van der Waals surface area (Å²) < 4.78 is 7.90. The highest BCUT2D eigenvalue weighted by molar-refractivity contribution is 5.55. The average Bonchev–Trinajstić information content (AvgIpc) is 3.08. The summed E-state index contributed by atoms with van der Waals surface area (Å²) in [5, 5.41) is 9.05. The van der Waals surface area contributed by atoms with Gasteiger partial charge in [-0.3, -0.25) is 9.36 Å². The number of aromatic nitrogens is 3. The summed E-state index contributed by atoms with van der Waals surface area (Å²) in [6, 6.07) is 11.2. The highest BCUT2D eigenvalue weighted by Crippen LogP contribution is 2.19. The zero-order chi connectivity index (χ0) is 17.1. The summed E-state index contributed by atoms with van der Waals surface area (Å²) >= 11 is 0. The molecule has 0 fully saturated rings. The first-order valence-corrected chi connectivity index (χ1v) is 7.38. The maximum Gasteiger partial charge on any atom is 0.331 e. The quantitative estimate of drug-likeness (QED) is 0.727. The van der Waals surface area contributed by atoms with Gasteiger partial charge in [-0.15, -0.1) is 0 Å². The van der Waals surface area contributed by atoms with Crippen molar-refractivity contribution in [1.82, 2.24) is 14.1 Å². The lowest BCUT2D eigenvalue weighted by atomic mass is 10.2. The second-order valence-corrected chi connectivity index (χ2v) is 5.10. The van der Waals surface area contributed by atoms with Crippen LogP contribution in [0.5, 0.6) is 0 Å². The maximum atomic E-state index is 12.3. The molecule has 2 heterocycles. The van der Waals surface area contributed by atoms with Crippen LogP contribution in [0.15, 0.2) is 56.7 Å². The average molecular weight is 322 g/mol. The minimum Gasteiger partial charge on any atom is -0.439 e. The van der Waals surface area contributed by atoms with Crippen molar-refractivity contribution in [2.45, 2.75) is 20.0 Å². The van der Waals surface area contributed by atoms with Gasteiger partial charge in [0.25, 0.3) is 5.56 Å². The number of aryl methyl sites for hydroxylation is 1. The predicted octanol–water partition coefficient (Wildman–Crippen LogP) is 1.60. The fourth-order valence-corrected chi connectivity index (χ4v) is 2.35. The van der Waals surface area contributed by atoms with Crippen LogP contribution in [0, 0.1) is 11.3 Å². The minimum atomic E-state index is -0.647. The first-order chi connectivity index (χ1) is 11.6. The standard InChI is InChI=1S/C17H14N4O3/c1-2-20-10-13(8-18)16(22)21(17(20)23)11-15-19-9-14(24-15)12-6-4-3-5-7-12/h3-7,9-10H,2,11H2,1H3. The lowest BCUT2D eigenvalue weighted by Gasteiger charge is -2.07. The van der Waals surface area contributed by atoms with Crippen LogP contribution in [0.4, 0.5) is 0 Å². The van der Waals surface area contributed by atoms with Gasteiger partial charge in [-0.25, -0.2) is 14.3 Å². The number of oxazole rings is 1. The van der Waals surface area contributed by atoms with Gasteiger partial charge in [0, 0.05) is 18.3 Å². The van der Waals surface area contributed by atoms with Crippen LogP contribution in [0.2, 0.25) is 0 Å². The van der Waals surface area contributed by atoms with Crippen molar-refractivity contribution in [1.29, 1.82) is 5.26 Å². The van der Waals surface area contributed by atoms with E-state index in [4.69, 9.17) is 9.68 Å². The van der Waals surface area contributed by atoms with E-state index in [2.05, 4.69) is 4.98 Å². The van der Waals surface area contributed by atoms with Gasteiger partial charge >= 0.3 is 5.69 Å². The van der Waals surface area contributed by atoms with Gasteiger partial charge in [-0.05, 0) is 6.92 Å². The van der Waals surface area contributed by atoms with Gasteiger partial charge in [0.2, 0.25) is 5.89 Å². The van der Waals surface area contributed by atoms with Crippen LogP contribution in [0.25, 0.3) is 11.3 Å². The van der Waals surface area contributed by atoms with Crippen molar-refractivity contribution in [3.05, 3.63) is 75.0 Å². The summed E-state index contributed by atoms with van der Waals surface area (Å²) in [6.07, 6.45) is 2.81. The minimum absolute atomic E-state index is 0.0914. The molecule has 0 bridgehead atoms. The molecule has 2 aromatic heterocycles. The molecule has 0 saturated heterocycles. The molecule has 0 atom stereocenters. The Hall–Kier alpha value is -3.40. The van der Waals surface area contributed by atoms with Crippen molar-refractivity contribution < 1.29 is 4.42 Å². The molecule has 0 aliphatic heterocycles. The van der Waals surface area contributed by atoms with Crippen LogP contribution in [0.3, 0.4) is 0 Å². The molecule has 0 amide bonds. The Kier molecular flexibility index (Phi) is 4.12. The van der Waals surface area contributed by atoms with Crippen molar-refractivity contribution >= 4 is 0 Å². The van der Waals surface area contributed by atoms with E-state index in [-0.39, 0.29) is 18.0 Å². The van der Waals surface area contributed by atoms with Crippen molar-refractivity contribution in [3.8, 4) is 17.4 Å². The van der Waals surface area contributed by atoms with E-state index >= 15 is 0 Å². The SMILES string of the molecule is CCn1cc(C#N)c(=O)n(Cc2ncc(-c3ccccc3)o2)c1=O. The molecule has 3 aromatic rings. The van der Waals surface area contributed by atoms with Crippen LogP contribution in [0.1, 0.15) is 18.4 Å². The summed E-state index contributed by atoms with van der Waals surface area (Å²) in [4.78, 5) is 28.7. The monoisotopic (exact) mass is 322 g/mol. The normalized spacial score (nSPS) is 10.5. The molecule has 24 heavy (non-hydrogen) atoms. The molecule has 0 saturated carbocycles. The number of hydrogen-bond donors (Lipinski definition) is 0. The highest BCUT2D eigenvalue weighted by atomic mass is 16.4. The van der Waals surface area contributed by atoms with Crippen LogP contribution in [-0.4, -0.2) is 14.1 Å². The molecular formula is C17H14N4O3. The molecule has 120 valence electrons. The molecule has 0 unspecified atom stereocenters. The number of nitriles is 1. The van der Waals surface area contributed by atoms with Gasteiger partial charge in [0.1, 0.15) is 18.2 Å². The van der Waals surface area contributed by atoms with Gasteiger partial charge in [0.15, 0.2) is 5.76 Å². The summed E-state index contributed by atoms with van der Waals surface area (Å²) in [6.45, 7) is 1.99. The van der Waals surface area contributed by atoms with Crippen LogP contribution < -0.4 is 11.2 Å². The Morgan fingerprint density at radius 2 is 2.00 bits per heavy atom. The molecule has 0 aliphatic rings. The van der Waals surface area contributed by atoms with Gasteiger partial charge in [-0.1, -0.05) is 30.3 Å². The fraction of sp³-hybridized carbons (Fsp3) is 0.176. The molecule has 0 N–H and O–H groups in total. The van der Waals surface area contributed by atoms with Gasteiger partial charge < -0.3 is 4.42 Å². The topological polar surface area (TPSA) is 93.8 Å². The van der Waals surface area contributed by atoms with Crippen molar-refractivity contribution in [3.63, 3.8) is 0 Å². The number of benzene rings is 1. The second-order valence-electron chi connectivity index (χ2n) is 5.10. The zero-order valence-electron chi connectivity index (χ0n) is 13.0. The third-order valence-corrected chi connectivity index (χ3v) is 3.60. The zero-order valence-corrected chi connectivity index (χ0v) is 13.0. The van der Waals surface area contributed by atoms with E-state index in [1.165, 1.54) is 10.8 Å². The number of rotatable bonds is 4. The fourth-order valence-electron chi connectivity index (χ4n) is 2.35. The molecule has 7 nitrogen and oxygen atoms in total. The Balaban J connectivity index is 2.01. The van der Waals surface area contributed by atoms with E-state index in [1.54, 1.807) is 13.1 Å². The summed E-state index contributed by atoms with van der Waals surface area (Å²) in [7, 11) is 0. The van der Waals surface area contributed by atoms with Crippen molar-refractivity contribution in [2.75, 3.05) is 0 Å². The second kappa shape index (κ2) is 6.38. The Labute approximate surface area is 137 Å². The molecule has 1 aromatic carbocycles. The van der Waals surface area contributed by atoms with Crippen LogP contribution in [-0.2, 0) is 13.1 Å². The van der Waals surface area contributed by atoms with Gasteiger partial charge in [-0.2, -0.15) is 5.26 Å². The van der Waals surface area contributed by atoms with Crippen molar-refractivity contribution in [2.24, 2.45) is 0 Å². The Morgan fingerprint density at radius 1 is 1.25 bits per heavy atom. The van der Waals surface area contributed by atoms with E-state index in [0.29, 0.717) is 12.3 Å². The smallest absolute Gasteiger partial charge is 0.331 e. The first kappa shape index (κ1) is 15.5. The molecular weight excluding hydrogens is 308 g/mol. The van der Waals surface area contributed by atoms with E-state index in [9.17, 15) is 9.59 Å². The lowest BCUT2D eigenvalue weighted by Crippen LogP contribution is -2.41. The molecule has 7 heteroatoms. The third kappa shape index (κ3) is 2.77. The maximum absolute atomic E-state index is 12.3. The van der Waals surface area contributed by atoms with Gasteiger partial charge in [0.05, 0.1) is 6.20 Å². The molecule has 3 rings (SSSR count). The highest BCUT2D eigenvalue weighted by Gasteiger charge is 2.14. The summed E-state index contributed by atoms with van der Waals surface area (Å²) in [5.41, 5.74) is -0.390. The molecule has 0 aliphatic carbocycles. The predicted molar refractivity (Wildman–Crippen MR) is 86.4 cm³/mol. The first-order valence-electron chi connectivity index (χ1n) is 7.38. The Morgan fingerprint density at radius 3 is 2.67 bits per heavy atom. The van der Waals surface area contributed by atoms with E-state index in [0.717, 1.165) is 10.1 Å². The van der Waals surface area contributed by atoms with E-state index in [1.807, 2.05) is 36.4 Å². The Bertz CT molecular complexity index is 1020. The number of nitrogens with zero attached hydrogens (tertiary/aromatic N) is 4. The number of hydrogen-bond acceptors (Lipinski definition) is 5. The summed E-state index contributed by atoms with van der Waals surface area (Å²) in [5.74, 6) is 0.775. The largest absolute Gasteiger partial charge is 0.439 e. The lowest BCUT2D eigenvalue weighted by molar-refractivity contribution is 0.469. The molecule has 0 radical (unpaired) electrons. The third-order valence-electron chi connectivity index (χ3n) is 3.60. The molecule has 0 spiro atoms.